The lowest BCUT2D eigenvalue weighted by molar-refractivity contribution is 0.102. The van der Waals surface area contributed by atoms with Crippen LogP contribution < -0.4 is 10.1 Å². The number of rotatable bonds is 5. The van der Waals surface area contributed by atoms with E-state index in [1.54, 1.807) is 24.3 Å². The second-order valence-electron chi connectivity index (χ2n) is 4.78. The number of aryl methyl sites for hydroxylation is 1. The quantitative estimate of drug-likeness (QED) is 0.896. The Balaban J connectivity index is 2.21. The lowest BCUT2D eigenvalue weighted by atomic mass is 10.1. The third kappa shape index (κ3) is 3.81. The summed E-state index contributed by atoms with van der Waals surface area (Å²) in [6.07, 6.45) is 0.870. The van der Waals surface area contributed by atoms with Gasteiger partial charge in [0.15, 0.2) is 0 Å². The molecule has 2 rings (SSSR count). The highest BCUT2D eigenvalue weighted by molar-refractivity contribution is 6.05. The molecule has 1 N–H and O–H groups in total. The SMILES string of the molecule is CCCOc1ccccc1NC(=O)c1cc(C)ccc1F. The predicted octanol–water partition coefficient (Wildman–Crippen LogP) is 4.18. The molecule has 21 heavy (non-hydrogen) atoms. The summed E-state index contributed by atoms with van der Waals surface area (Å²) in [4.78, 5) is 12.2. The van der Waals surface area contributed by atoms with Gasteiger partial charge in [-0.25, -0.2) is 4.39 Å². The van der Waals surface area contributed by atoms with Crippen LogP contribution in [0.3, 0.4) is 0 Å². The van der Waals surface area contributed by atoms with Gasteiger partial charge < -0.3 is 10.1 Å². The minimum atomic E-state index is -0.537. The molecule has 2 aromatic rings. The lowest BCUT2D eigenvalue weighted by Crippen LogP contribution is -2.15. The number of amides is 1. The molecule has 110 valence electrons. The molecule has 0 aliphatic heterocycles. The summed E-state index contributed by atoms with van der Waals surface area (Å²) in [5, 5.41) is 2.70. The Morgan fingerprint density at radius 2 is 2.00 bits per heavy atom. The van der Waals surface area contributed by atoms with Gasteiger partial charge in [-0.2, -0.15) is 0 Å². The Labute approximate surface area is 123 Å². The number of benzene rings is 2. The zero-order chi connectivity index (χ0) is 15.2. The molecule has 0 fully saturated rings. The number of nitrogens with one attached hydrogen (secondary N) is 1. The van der Waals surface area contributed by atoms with Crippen LogP contribution in [0.2, 0.25) is 0 Å². The van der Waals surface area contributed by atoms with Gasteiger partial charge in [0.2, 0.25) is 0 Å². The molecule has 0 spiro atoms. The first kappa shape index (κ1) is 15.0. The minimum absolute atomic E-state index is 0.0281. The van der Waals surface area contributed by atoms with Gasteiger partial charge in [0.25, 0.3) is 5.91 Å². The average molecular weight is 287 g/mol. The molecular formula is C17H18FNO2. The molecule has 0 saturated heterocycles. The summed E-state index contributed by atoms with van der Waals surface area (Å²) in [6, 6.07) is 11.6. The number of hydrogen-bond donors (Lipinski definition) is 1. The maximum atomic E-state index is 13.7. The van der Waals surface area contributed by atoms with Crippen LogP contribution in [0.25, 0.3) is 0 Å². The number of anilines is 1. The van der Waals surface area contributed by atoms with E-state index in [-0.39, 0.29) is 5.56 Å². The molecule has 0 atom stereocenters. The summed E-state index contributed by atoms with van der Waals surface area (Å²) in [7, 11) is 0. The smallest absolute Gasteiger partial charge is 0.258 e. The van der Waals surface area contributed by atoms with E-state index in [0.717, 1.165) is 12.0 Å². The first-order valence-electron chi connectivity index (χ1n) is 6.91. The van der Waals surface area contributed by atoms with Gasteiger partial charge in [-0.05, 0) is 37.6 Å². The molecule has 0 aliphatic carbocycles. The molecule has 0 bridgehead atoms. The van der Waals surface area contributed by atoms with Crippen molar-refractivity contribution in [2.45, 2.75) is 20.3 Å². The van der Waals surface area contributed by atoms with Crippen LogP contribution in [0, 0.1) is 12.7 Å². The molecule has 4 heteroatoms. The molecule has 3 nitrogen and oxygen atoms in total. The van der Waals surface area contributed by atoms with Crippen molar-refractivity contribution in [2.24, 2.45) is 0 Å². The van der Waals surface area contributed by atoms with Crippen LogP contribution in [0.15, 0.2) is 42.5 Å². The first-order valence-corrected chi connectivity index (χ1v) is 6.91. The second-order valence-corrected chi connectivity index (χ2v) is 4.78. The highest BCUT2D eigenvalue weighted by atomic mass is 19.1. The maximum Gasteiger partial charge on any atom is 0.258 e. The number of hydrogen-bond acceptors (Lipinski definition) is 2. The molecular weight excluding hydrogens is 269 g/mol. The molecule has 0 aliphatic rings. The first-order chi connectivity index (χ1) is 10.1. The predicted molar refractivity (Wildman–Crippen MR) is 81.3 cm³/mol. The molecule has 0 saturated carbocycles. The van der Waals surface area contributed by atoms with E-state index in [4.69, 9.17) is 4.74 Å². The van der Waals surface area contributed by atoms with E-state index in [2.05, 4.69) is 5.32 Å². The minimum Gasteiger partial charge on any atom is -0.491 e. The van der Waals surface area contributed by atoms with E-state index in [1.165, 1.54) is 12.1 Å². The van der Waals surface area contributed by atoms with Gasteiger partial charge >= 0.3 is 0 Å². The van der Waals surface area contributed by atoms with E-state index in [0.29, 0.717) is 18.0 Å². The highest BCUT2D eigenvalue weighted by Crippen LogP contribution is 2.25. The summed E-state index contributed by atoms with van der Waals surface area (Å²) in [5.74, 6) is -0.436. The Kier molecular flexibility index (Phi) is 4.93. The molecule has 0 heterocycles. The van der Waals surface area contributed by atoms with E-state index < -0.39 is 11.7 Å². The van der Waals surface area contributed by atoms with Crippen molar-refractivity contribution in [1.29, 1.82) is 0 Å². The van der Waals surface area contributed by atoms with Crippen LogP contribution in [0.1, 0.15) is 29.3 Å². The van der Waals surface area contributed by atoms with Crippen molar-refractivity contribution in [2.75, 3.05) is 11.9 Å². The largest absolute Gasteiger partial charge is 0.491 e. The Morgan fingerprint density at radius 3 is 2.76 bits per heavy atom. The highest BCUT2D eigenvalue weighted by Gasteiger charge is 2.14. The average Bonchev–Trinajstić information content (AvgIpc) is 2.48. The standard InChI is InChI=1S/C17H18FNO2/c1-3-10-21-16-7-5-4-6-15(16)19-17(20)13-11-12(2)8-9-14(13)18/h4-9,11H,3,10H2,1-2H3,(H,19,20). The molecule has 0 unspecified atom stereocenters. The van der Waals surface area contributed by atoms with Crippen molar-refractivity contribution >= 4 is 11.6 Å². The monoisotopic (exact) mass is 287 g/mol. The van der Waals surface area contributed by atoms with Crippen LogP contribution >= 0.6 is 0 Å². The van der Waals surface area contributed by atoms with Crippen LogP contribution in [-0.2, 0) is 0 Å². The molecule has 1 amide bonds. The van der Waals surface area contributed by atoms with Crippen molar-refractivity contribution in [1.82, 2.24) is 0 Å². The van der Waals surface area contributed by atoms with Crippen molar-refractivity contribution in [3.63, 3.8) is 0 Å². The van der Waals surface area contributed by atoms with Gasteiger partial charge in [-0.3, -0.25) is 4.79 Å². The van der Waals surface area contributed by atoms with Gasteiger partial charge in [-0.15, -0.1) is 0 Å². The van der Waals surface area contributed by atoms with Crippen LogP contribution in [-0.4, -0.2) is 12.5 Å². The normalized spacial score (nSPS) is 10.2. The van der Waals surface area contributed by atoms with E-state index in [1.807, 2.05) is 19.9 Å². The molecule has 0 aromatic heterocycles. The third-order valence-corrected chi connectivity index (χ3v) is 2.96. The summed E-state index contributed by atoms with van der Waals surface area (Å²) >= 11 is 0. The number of carbonyl (C=O) groups is 1. The number of para-hydroxylation sites is 2. The van der Waals surface area contributed by atoms with Crippen LogP contribution in [0.5, 0.6) is 5.75 Å². The van der Waals surface area contributed by atoms with Gasteiger partial charge in [0.1, 0.15) is 11.6 Å². The van der Waals surface area contributed by atoms with Gasteiger partial charge in [-0.1, -0.05) is 30.7 Å². The van der Waals surface area contributed by atoms with E-state index in [9.17, 15) is 9.18 Å². The zero-order valence-electron chi connectivity index (χ0n) is 12.2. The molecule has 2 aromatic carbocycles. The fraction of sp³-hybridized carbons (Fsp3) is 0.235. The van der Waals surface area contributed by atoms with Crippen LogP contribution in [0.4, 0.5) is 10.1 Å². The number of carbonyl (C=O) groups excluding carboxylic acids is 1. The zero-order valence-corrected chi connectivity index (χ0v) is 12.2. The van der Waals surface area contributed by atoms with Crippen molar-refractivity contribution in [3.8, 4) is 5.75 Å². The lowest BCUT2D eigenvalue weighted by Gasteiger charge is -2.12. The maximum absolute atomic E-state index is 13.7. The fourth-order valence-corrected chi connectivity index (χ4v) is 1.91. The molecule has 0 radical (unpaired) electrons. The Morgan fingerprint density at radius 1 is 1.24 bits per heavy atom. The Hall–Kier alpha value is -2.36. The topological polar surface area (TPSA) is 38.3 Å². The summed E-state index contributed by atoms with van der Waals surface area (Å²) in [5.41, 5.74) is 1.40. The second kappa shape index (κ2) is 6.88. The van der Waals surface area contributed by atoms with E-state index >= 15 is 0 Å². The Bertz CT molecular complexity index is 640. The summed E-state index contributed by atoms with van der Waals surface area (Å²) in [6.45, 7) is 4.38. The van der Waals surface area contributed by atoms with Crippen molar-refractivity contribution < 1.29 is 13.9 Å². The van der Waals surface area contributed by atoms with Crippen molar-refractivity contribution in [3.05, 3.63) is 59.4 Å². The third-order valence-electron chi connectivity index (χ3n) is 2.96. The van der Waals surface area contributed by atoms with Gasteiger partial charge in [0.05, 0.1) is 17.9 Å². The summed E-state index contributed by atoms with van der Waals surface area (Å²) < 4.78 is 19.3. The fourth-order valence-electron chi connectivity index (χ4n) is 1.91. The van der Waals surface area contributed by atoms with Gasteiger partial charge in [0, 0.05) is 0 Å². The number of ether oxygens (including phenoxy) is 1. The number of halogens is 1.